The Morgan fingerprint density at radius 3 is 2.95 bits per heavy atom. The normalized spacial score (nSPS) is 23.5. The smallest absolute Gasteiger partial charge is 0.0911 e. The molecule has 0 spiro atoms. The van der Waals surface area contributed by atoms with Gasteiger partial charge in [-0.2, -0.15) is 0 Å². The molecule has 1 aliphatic rings. The van der Waals surface area contributed by atoms with Crippen LogP contribution in [0.1, 0.15) is 18.7 Å². The van der Waals surface area contributed by atoms with Crippen LogP contribution in [0.2, 0.25) is 0 Å². The van der Waals surface area contributed by atoms with E-state index >= 15 is 0 Å². The van der Waals surface area contributed by atoms with Crippen LogP contribution in [0.5, 0.6) is 0 Å². The summed E-state index contributed by atoms with van der Waals surface area (Å²) in [4.78, 5) is 7.34. The van der Waals surface area contributed by atoms with Gasteiger partial charge in [0.15, 0.2) is 0 Å². The van der Waals surface area contributed by atoms with E-state index in [1.165, 1.54) is 5.39 Å². The molecule has 4 heteroatoms. The van der Waals surface area contributed by atoms with E-state index in [1.54, 1.807) is 0 Å². The summed E-state index contributed by atoms with van der Waals surface area (Å²) in [5, 5.41) is 4.43. The number of nitrogens with zero attached hydrogens (tertiary/aromatic N) is 2. The molecular formula is C17H23N3O. The van der Waals surface area contributed by atoms with Gasteiger partial charge < -0.3 is 10.1 Å². The van der Waals surface area contributed by atoms with Gasteiger partial charge in [0.2, 0.25) is 0 Å². The third kappa shape index (κ3) is 2.93. The number of para-hydroxylation sites is 1. The summed E-state index contributed by atoms with van der Waals surface area (Å²) >= 11 is 0. The quantitative estimate of drug-likeness (QED) is 0.934. The van der Waals surface area contributed by atoms with Gasteiger partial charge in [0.25, 0.3) is 0 Å². The Labute approximate surface area is 126 Å². The Morgan fingerprint density at radius 1 is 1.29 bits per heavy atom. The maximum Gasteiger partial charge on any atom is 0.0911 e. The van der Waals surface area contributed by atoms with E-state index in [9.17, 15) is 0 Å². The van der Waals surface area contributed by atoms with Gasteiger partial charge in [-0.05, 0) is 25.7 Å². The van der Waals surface area contributed by atoms with Gasteiger partial charge in [-0.1, -0.05) is 31.2 Å². The standard InChI is InChI=1S/C17H23N3O/c1-3-20-10-11-21-16(12-18-2)17(20)15-9-8-13-6-4-5-7-14(13)19-15/h4-9,16-18H,3,10-12H2,1-2H3. The van der Waals surface area contributed by atoms with Crippen LogP contribution in [0.4, 0.5) is 0 Å². The summed E-state index contributed by atoms with van der Waals surface area (Å²) in [6.07, 6.45) is 0.150. The van der Waals surface area contributed by atoms with E-state index in [2.05, 4.69) is 47.5 Å². The molecule has 21 heavy (non-hydrogen) atoms. The van der Waals surface area contributed by atoms with Crippen molar-refractivity contribution in [3.8, 4) is 0 Å². The van der Waals surface area contributed by atoms with Gasteiger partial charge >= 0.3 is 0 Å². The highest BCUT2D eigenvalue weighted by molar-refractivity contribution is 5.78. The topological polar surface area (TPSA) is 37.4 Å². The highest BCUT2D eigenvalue weighted by Gasteiger charge is 2.33. The molecule has 2 unspecified atom stereocenters. The van der Waals surface area contributed by atoms with Crippen molar-refractivity contribution in [2.75, 3.05) is 33.3 Å². The number of pyridine rings is 1. The monoisotopic (exact) mass is 285 g/mol. The van der Waals surface area contributed by atoms with E-state index in [4.69, 9.17) is 9.72 Å². The van der Waals surface area contributed by atoms with Crippen LogP contribution in [0, 0.1) is 0 Å². The lowest BCUT2D eigenvalue weighted by atomic mass is 10.0. The summed E-state index contributed by atoms with van der Waals surface area (Å²) in [7, 11) is 1.97. The molecular weight excluding hydrogens is 262 g/mol. The highest BCUT2D eigenvalue weighted by Crippen LogP contribution is 2.29. The summed E-state index contributed by atoms with van der Waals surface area (Å²) in [6.45, 7) is 5.83. The van der Waals surface area contributed by atoms with Crippen LogP contribution in [0.15, 0.2) is 36.4 Å². The Kier molecular flexibility index (Phi) is 4.48. The number of rotatable bonds is 4. The van der Waals surface area contributed by atoms with E-state index in [1.807, 2.05) is 13.1 Å². The summed E-state index contributed by atoms with van der Waals surface area (Å²) < 4.78 is 5.99. The van der Waals surface area contributed by atoms with Crippen molar-refractivity contribution in [3.05, 3.63) is 42.1 Å². The number of morpholine rings is 1. The van der Waals surface area contributed by atoms with Crippen LogP contribution in [-0.2, 0) is 4.74 Å². The summed E-state index contributed by atoms with van der Waals surface area (Å²) in [5.74, 6) is 0. The fourth-order valence-electron chi connectivity index (χ4n) is 3.14. The maximum atomic E-state index is 5.99. The lowest BCUT2D eigenvalue weighted by Crippen LogP contribution is -2.48. The average molecular weight is 285 g/mol. The van der Waals surface area contributed by atoms with Crippen molar-refractivity contribution in [1.82, 2.24) is 15.2 Å². The average Bonchev–Trinajstić information content (AvgIpc) is 2.54. The highest BCUT2D eigenvalue weighted by atomic mass is 16.5. The lowest BCUT2D eigenvalue weighted by molar-refractivity contribution is -0.0699. The van der Waals surface area contributed by atoms with Crippen molar-refractivity contribution >= 4 is 10.9 Å². The first kappa shape index (κ1) is 14.4. The Hall–Kier alpha value is -1.49. The molecule has 112 valence electrons. The predicted octanol–water partition coefficient (Wildman–Crippen LogP) is 2.22. The number of ether oxygens (including phenoxy) is 1. The third-order valence-corrected chi connectivity index (χ3v) is 4.19. The van der Waals surface area contributed by atoms with Crippen LogP contribution in [0.3, 0.4) is 0 Å². The van der Waals surface area contributed by atoms with Gasteiger partial charge in [-0.25, -0.2) is 0 Å². The largest absolute Gasteiger partial charge is 0.374 e. The molecule has 0 radical (unpaired) electrons. The Balaban J connectivity index is 1.98. The molecule has 3 rings (SSSR count). The molecule has 0 bridgehead atoms. The zero-order valence-electron chi connectivity index (χ0n) is 12.7. The van der Waals surface area contributed by atoms with Crippen molar-refractivity contribution in [2.24, 2.45) is 0 Å². The van der Waals surface area contributed by atoms with Crippen molar-refractivity contribution in [2.45, 2.75) is 19.1 Å². The molecule has 0 aliphatic carbocycles. The SMILES string of the molecule is CCN1CCOC(CNC)C1c1ccc2ccccc2n1. The first-order valence-electron chi connectivity index (χ1n) is 7.69. The molecule has 1 saturated heterocycles. The number of likely N-dealkylation sites (N-methyl/N-ethyl adjacent to an activating group) is 2. The minimum Gasteiger partial charge on any atom is -0.374 e. The number of hydrogen-bond donors (Lipinski definition) is 1. The molecule has 1 N–H and O–H groups in total. The molecule has 4 nitrogen and oxygen atoms in total. The number of nitrogens with one attached hydrogen (secondary N) is 1. The van der Waals surface area contributed by atoms with Crippen molar-refractivity contribution < 1.29 is 4.74 Å². The molecule has 2 heterocycles. The fourth-order valence-corrected chi connectivity index (χ4v) is 3.14. The minimum absolute atomic E-state index is 0.150. The second-order valence-electron chi connectivity index (χ2n) is 5.47. The number of aromatic nitrogens is 1. The zero-order valence-corrected chi connectivity index (χ0v) is 12.7. The Morgan fingerprint density at radius 2 is 2.14 bits per heavy atom. The first-order chi connectivity index (χ1) is 10.3. The molecule has 1 aromatic carbocycles. The van der Waals surface area contributed by atoms with Crippen LogP contribution < -0.4 is 5.32 Å². The molecule has 2 aromatic rings. The second kappa shape index (κ2) is 6.52. The van der Waals surface area contributed by atoms with Crippen LogP contribution >= 0.6 is 0 Å². The summed E-state index contributed by atoms with van der Waals surface area (Å²) in [6, 6.07) is 12.8. The zero-order chi connectivity index (χ0) is 14.7. The van der Waals surface area contributed by atoms with Gasteiger partial charge in [0.1, 0.15) is 0 Å². The van der Waals surface area contributed by atoms with Crippen LogP contribution in [-0.4, -0.2) is 49.3 Å². The fraction of sp³-hybridized carbons (Fsp3) is 0.471. The van der Waals surface area contributed by atoms with Crippen molar-refractivity contribution in [3.63, 3.8) is 0 Å². The van der Waals surface area contributed by atoms with Gasteiger partial charge in [-0.15, -0.1) is 0 Å². The number of hydrogen-bond acceptors (Lipinski definition) is 4. The Bertz CT molecular complexity index is 599. The first-order valence-corrected chi connectivity index (χ1v) is 7.69. The molecule has 1 aromatic heterocycles. The minimum atomic E-state index is 0.150. The number of benzene rings is 1. The van der Waals surface area contributed by atoms with E-state index in [0.717, 1.165) is 37.5 Å². The molecule has 2 atom stereocenters. The second-order valence-corrected chi connectivity index (χ2v) is 5.47. The van der Waals surface area contributed by atoms with E-state index < -0.39 is 0 Å². The van der Waals surface area contributed by atoms with Gasteiger partial charge in [-0.3, -0.25) is 9.88 Å². The van der Waals surface area contributed by atoms with E-state index in [0.29, 0.717) is 0 Å². The third-order valence-electron chi connectivity index (χ3n) is 4.19. The van der Waals surface area contributed by atoms with E-state index in [-0.39, 0.29) is 12.1 Å². The van der Waals surface area contributed by atoms with Crippen LogP contribution in [0.25, 0.3) is 10.9 Å². The molecule has 1 aliphatic heterocycles. The molecule has 0 amide bonds. The maximum absolute atomic E-state index is 5.99. The predicted molar refractivity (Wildman–Crippen MR) is 85.4 cm³/mol. The summed E-state index contributed by atoms with van der Waals surface area (Å²) in [5.41, 5.74) is 2.16. The van der Waals surface area contributed by atoms with Gasteiger partial charge in [0.05, 0.1) is 30.0 Å². The van der Waals surface area contributed by atoms with Gasteiger partial charge in [0, 0.05) is 18.5 Å². The molecule has 1 fully saturated rings. The van der Waals surface area contributed by atoms with Crippen molar-refractivity contribution in [1.29, 1.82) is 0 Å². The lowest BCUT2D eigenvalue weighted by Gasteiger charge is -2.40. The molecule has 0 saturated carbocycles. The number of fused-ring (bicyclic) bond motifs is 1.